The number of carbonyl (C=O) groups excluding carboxylic acids is 2. The van der Waals surface area contributed by atoms with E-state index in [2.05, 4.69) is 25.9 Å². The third-order valence-corrected chi connectivity index (χ3v) is 6.32. The summed E-state index contributed by atoms with van der Waals surface area (Å²) in [6, 6.07) is 8.76. The third kappa shape index (κ3) is 4.84. The molecule has 1 saturated carbocycles. The summed E-state index contributed by atoms with van der Waals surface area (Å²) in [4.78, 5) is 31.8. The highest BCUT2D eigenvalue weighted by Crippen LogP contribution is 2.59. The van der Waals surface area contributed by atoms with Crippen molar-refractivity contribution in [3.63, 3.8) is 0 Å². The molecule has 4 aromatic rings. The fraction of sp³-hybridized carbons (Fsp3) is 0.280. The van der Waals surface area contributed by atoms with Gasteiger partial charge in [-0.25, -0.2) is 14.4 Å². The van der Waals surface area contributed by atoms with Gasteiger partial charge in [-0.1, -0.05) is 17.3 Å². The standard InChI is InChI=1S/C25H22F4N6O3/c1-35(2)33-23(37)18-9-15-7-16(12-30-22(15)31-18)13-3-4-14(17(26)8-13)10-21(36)32-20-11-19(38-34-20)24(5-6-24)25(27,28)29/h3-4,7-9,11-12H,5-6,10H2,1-2H3,(H,30,31)(H,33,37)(H,32,34,36). The monoisotopic (exact) mass is 530 g/mol. The van der Waals surface area contributed by atoms with Gasteiger partial charge in [0.15, 0.2) is 11.6 Å². The van der Waals surface area contributed by atoms with Crippen LogP contribution in [0, 0.1) is 5.82 Å². The van der Waals surface area contributed by atoms with E-state index in [0.29, 0.717) is 27.9 Å². The molecule has 9 nitrogen and oxygen atoms in total. The second kappa shape index (κ2) is 9.24. The zero-order valence-corrected chi connectivity index (χ0v) is 20.2. The number of hydrogen-bond acceptors (Lipinski definition) is 6. The third-order valence-electron chi connectivity index (χ3n) is 6.32. The molecule has 0 spiro atoms. The lowest BCUT2D eigenvalue weighted by atomic mass is 10.0. The molecule has 5 rings (SSSR count). The molecule has 1 aliphatic carbocycles. The number of benzene rings is 1. The summed E-state index contributed by atoms with van der Waals surface area (Å²) in [5, 5.41) is 8.02. The van der Waals surface area contributed by atoms with Crippen LogP contribution in [0.25, 0.3) is 22.2 Å². The average Bonchev–Trinajstić information content (AvgIpc) is 3.35. The zero-order chi connectivity index (χ0) is 27.2. The molecular formula is C25H22F4N6O3. The van der Waals surface area contributed by atoms with Crippen LogP contribution in [0.5, 0.6) is 0 Å². The first-order chi connectivity index (χ1) is 17.9. The van der Waals surface area contributed by atoms with Crippen molar-refractivity contribution in [1.29, 1.82) is 0 Å². The van der Waals surface area contributed by atoms with E-state index in [0.717, 1.165) is 6.07 Å². The van der Waals surface area contributed by atoms with Gasteiger partial charge in [0.05, 0.1) is 6.42 Å². The van der Waals surface area contributed by atoms with Crippen molar-refractivity contribution in [1.82, 2.24) is 25.6 Å². The number of carbonyl (C=O) groups is 2. The second-order valence-corrected chi connectivity index (χ2v) is 9.37. The van der Waals surface area contributed by atoms with Gasteiger partial charge in [-0.2, -0.15) is 13.2 Å². The van der Waals surface area contributed by atoms with Gasteiger partial charge in [0, 0.05) is 37.3 Å². The van der Waals surface area contributed by atoms with E-state index in [4.69, 9.17) is 4.52 Å². The van der Waals surface area contributed by atoms with Crippen LogP contribution in [0.15, 0.2) is 47.1 Å². The van der Waals surface area contributed by atoms with Gasteiger partial charge in [0.1, 0.15) is 22.6 Å². The average molecular weight is 530 g/mol. The minimum Gasteiger partial charge on any atom is -0.358 e. The Morgan fingerprint density at radius 1 is 1.13 bits per heavy atom. The number of aromatic amines is 1. The van der Waals surface area contributed by atoms with E-state index < -0.39 is 23.3 Å². The van der Waals surface area contributed by atoms with Crippen molar-refractivity contribution in [3.8, 4) is 11.1 Å². The lowest BCUT2D eigenvalue weighted by molar-refractivity contribution is -0.165. The predicted octanol–water partition coefficient (Wildman–Crippen LogP) is 4.34. The fourth-order valence-electron chi connectivity index (χ4n) is 4.14. The normalized spacial score (nSPS) is 14.6. The summed E-state index contributed by atoms with van der Waals surface area (Å²) in [6.07, 6.45) is -3.50. The molecule has 0 bridgehead atoms. The first-order valence-electron chi connectivity index (χ1n) is 11.5. The van der Waals surface area contributed by atoms with Gasteiger partial charge < -0.3 is 14.8 Å². The lowest BCUT2D eigenvalue weighted by Gasteiger charge is -2.14. The maximum atomic E-state index is 14.9. The summed E-state index contributed by atoms with van der Waals surface area (Å²) in [5.41, 5.74) is 2.57. The molecule has 13 heteroatoms. The number of halogens is 4. The molecular weight excluding hydrogens is 508 g/mol. The summed E-state index contributed by atoms with van der Waals surface area (Å²) in [6.45, 7) is 0. The van der Waals surface area contributed by atoms with Crippen molar-refractivity contribution in [3.05, 3.63) is 65.4 Å². The number of amides is 2. The van der Waals surface area contributed by atoms with Gasteiger partial charge in [-0.05, 0) is 42.2 Å². The number of H-pyrrole nitrogens is 1. The molecule has 1 aromatic carbocycles. The first kappa shape index (κ1) is 25.4. The largest absolute Gasteiger partial charge is 0.401 e. The maximum absolute atomic E-state index is 14.9. The number of alkyl halides is 3. The van der Waals surface area contributed by atoms with Crippen molar-refractivity contribution in [2.75, 3.05) is 19.4 Å². The number of anilines is 1. The summed E-state index contributed by atoms with van der Waals surface area (Å²) in [5.74, 6) is -2.16. The number of pyridine rings is 1. The van der Waals surface area contributed by atoms with Gasteiger partial charge in [-0.3, -0.25) is 15.0 Å². The molecule has 1 aliphatic rings. The van der Waals surface area contributed by atoms with Crippen LogP contribution in [0.2, 0.25) is 0 Å². The van der Waals surface area contributed by atoms with Gasteiger partial charge >= 0.3 is 6.18 Å². The van der Waals surface area contributed by atoms with E-state index in [-0.39, 0.29) is 42.3 Å². The minimum atomic E-state index is -4.47. The van der Waals surface area contributed by atoms with Gasteiger partial charge in [0.2, 0.25) is 5.91 Å². The topological polar surface area (TPSA) is 116 Å². The van der Waals surface area contributed by atoms with E-state index >= 15 is 0 Å². The second-order valence-electron chi connectivity index (χ2n) is 9.37. The molecule has 3 aromatic heterocycles. The smallest absolute Gasteiger partial charge is 0.358 e. The number of hydrogen-bond donors (Lipinski definition) is 3. The Labute approximate surface area is 213 Å². The summed E-state index contributed by atoms with van der Waals surface area (Å²) < 4.78 is 59.4. The Bertz CT molecular complexity index is 1540. The Kier molecular flexibility index (Phi) is 6.18. The van der Waals surface area contributed by atoms with Crippen LogP contribution in [0.1, 0.15) is 34.7 Å². The Morgan fingerprint density at radius 2 is 1.89 bits per heavy atom. The van der Waals surface area contributed by atoms with Crippen molar-refractivity contribution in [2.45, 2.75) is 30.9 Å². The first-order valence-corrected chi connectivity index (χ1v) is 11.5. The highest BCUT2D eigenvalue weighted by molar-refractivity contribution is 5.97. The van der Waals surface area contributed by atoms with Crippen LogP contribution in [0.4, 0.5) is 23.4 Å². The molecule has 0 saturated heterocycles. The van der Waals surface area contributed by atoms with Crippen LogP contribution < -0.4 is 10.7 Å². The van der Waals surface area contributed by atoms with E-state index in [9.17, 15) is 27.2 Å². The molecule has 1 fully saturated rings. The molecule has 2 amide bonds. The van der Waals surface area contributed by atoms with E-state index in [1.165, 1.54) is 23.3 Å². The quantitative estimate of drug-likeness (QED) is 0.242. The highest BCUT2D eigenvalue weighted by Gasteiger charge is 2.66. The van der Waals surface area contributed by atoms with Crippen LogP contribution in [-0.2, 0) is 16.6 Å². The minimum absolute atomic E-state index is 0.0854. The molecule has 0 unspecified atom stereocenters. The number of fused-ring (bicyclic) bond motifs is 1. The summed E-state index contributed by atoms with van der Waals surface area (Å²) in [7, 11) is 3.37. The molecule has 198 valence electrons. The van der Waals surface area contributed by atoms with E-state index in [1.807, 2.05) is 0 Å². The van der Waals surface area contributed by atoms with Crippen molar-refractivity contribution in [2.24, 2.45) is 0 Å². The lowest BCUT2D eigenvalue weighted by Crippen LogP contribution is -2.36. The predicted molar refractivity (Wildman–Crippen MR) is 128 cm³/mol. The molecule has 0 radical (unpaired) electrons. The SMILES string of the molecule is CN(C)NC(=O)c1cc2cc(-c3ccc(CC(=O)Nc4cc(C5(C(F)(F)F)CC5)on4)c(F)c3)cnc2[nH]1. The Morgan fingerprint density at radius 3 is 2.55 bits per heavy atom. The van der Waals surface area contributed by atoms with Crippen molar-refractivity contribution < 1.29 is 31.7 Å². The van der Waals surface area contributed by atoms with Gasteiger partial charge in [-0.15, -0.1) is 0 Å². The molecule has 3 heterocycles. The van der Waals surface area contributed by atoms with E-state index in [1.54, 1.807) is 32.3 Å². The van der Waals surface area contributed by atoms with Crippen LogP contribution in [-0.4, -0.2) is 52.2 Å². The highest BCUT2D eigenvalue weighted by atomic mass is 19.4. The fourth-order valence-corrected chi connectivity index (χ4v) is 4.14. The van der Waals surface area contributed by atoms with Gasteiger partial charge in [0.25, 0.3) is 5.91 Å². The number of rotatable bonds is 7. The Balaban J connectivity index is 1.27. The number of aromatic nitrogens is 3. The summed E-state index contributed by atoms with van der Waals surface area (Å²) >= 11 is 0. The number of nitrogens with one attached hydrogen (secondary N) is 3. The molecule has 38 heavy (non-hydrogen) atoms. The molecule has 3 N–H and O–H groups in total. The number of hydrazine groups is 1. The Hall–Kier alpha value is -4.26. The number of nitrogens with zero attached hydrogens (tertiary/aromatic N) is 3. The molecule has 0 aliphatic heterocycles. The maximum Gasteiger partial charge on any atom is 0.401 e. The van der Waals surface area contributed by atoms with Crippen molar-refractivity contribution >= 4 is 28.7 Å². The molecule has 0 atom stereocenters. The van der Waals surface area contributed by atoms with Crippen LogP contribution >= 0.6 is 0 Å². The van der Waals surface area contributed by atoms with Crippen LogP contribution in [0.3, 0.4) is 0 Å². The zero-order valence-electron chi connectivity index (χ0n) is 20.2.